The topological polar surface area (TPSA) is 52.2 Å². The van der Waals surface area contributed by atoms with Gasteiger partial charge in [-0.1, -0.05) is 44.9 Å². The zero-order valence-electron chi connectivity index (χ0n) is 14.0. The van der Waals surface area contributed by atoms with E-state index in [1.807, 2.05) is 6.07 Å². The lowest BCUT2D eigenvalue weighted by molar-refractivity contribution is -0.254. The first-order valence-electron chi connectivity index (χ1n) is 9.26. The molecule has 1 aromatic carbocycles. The van der Waals surface area contributed by atoms with E-state index in [4.69, 9.17) is 0 Å². The van der Waals surface area contributed by atoms with Crippen molar-refractivity contribution in [3.63, 3.8) is 0 Å². The van der Waals surface area contributed by atoms with E-state index in [2.05, 4.69) is 25.2 Å². The third kappa shape index (κ3) is 2.12. The van der Waals surface area contributed by atoms with Gasteiger partial charge in [-0.05, 0) is 54.4 Å². The van der Waals surface area contributed by atoms with E-state index in [1.54, 1.807) is 6.07 Å². The first-order chi connectivity index (χ1) is 11.2. The fraction of sp³-hybridized carbons (Fsp3) is 0.650. The van der Waals surface area contributed by atoms with Crippen molar-refractivity contribution in [2.75, 3.05) is 5.32 Å². The van der Waals surface area contributed by atoms with Crippen molar-refractivity contribution in [3.8, 4) is 0 Å². The summed E-state index contributed by atoms with van der Waals surface area (Å²) in [6.45, 7) is 4.52. The molecule has 0 unspecified atom stereocenters. The molecule has 1 aliphatic heterocycles. The number of benzene rings is 1. The highest BCUT2D eigenvalue weighted by Crippen LogP contribution is 2.62. The zero-order valence-corrected chi connectivity index (χ0v) is 14.0. The van der Waals surface area contributed by atoms with Gasteiger partial charge in [0.15, 0.2) is 0 Å². The first kappa shape index (κ1) is 15.0. The van der Waals surface area contributed by atoms with E-state index < -0.39 is 5.97 Å². The molecule has 5 atom stereocenters. The average Bonchev–Trinajstić information content (AvgIpc) is 3.17. The molecule has 4 rings (SSSR count). The molecule has 0 aromatic heterocycles. The van der Waals surface area contributed by atoms with Crippen molar-refractivity contribution in [3.05, 3.63) is 29.3 Å². The molecule has 2 saturated carbocycles. The van der Waals surface area contributed by atoms with Crippen molar-refractivity contribution in [2.45, 2.75) is 57.9 Å². The fourth-order valence-corrected chi connectivity index (χ4v) is 5.98. The van der Waals surface area contributed by atoms with Crippen LogP contribution in [0.2, 0.25) is 0 Å². The van der Waals surface area contributed by atoms with Gasteiger partial charge in [-0.2, -0.15) is 0 Å². The van der Waals surface area contributed by atoms with Crippen LogP contribution in [0.15, 0.2) is 18.2 Å². The number of hydrogen-bond acceptors (Lipinski definition) is 3. The predicted molar refractivity (Wildman–Crippen MR) is 89.3 cm³/mol. The summed E-state index contributed by atoms with van der Waals surface area (Å²) in [5, 5.41) is 15.3. The molecule has 3 heteroatoms. The average molecular weight is 312 g/mol. The van der Waals surface area contributed by atoms with E-state index in [0.29, 0.717) is 29.4 Å². The number of para-hydroxylation sites is 1. The third-order valence-electron chi connectivity index (χ3n) is 6.94. The minimum absolute atomic E-state index is 0.347. The Morgan fingerprint density at radius 3 is 2.70 bits per heavy atom. The second-order valence-electron chi connectivity index (χ2n) is 7.74. The van der Waals surface area contributed by atoms with E-state index in [1.165, 1.54) is 24.8 Å². The molecule has 1 heterocycles. The second-order valence-corrected chi connectivity index (χ2v) is 7.74. The maximum absolute atomic E-state index is 11.6. The number of carbonyl (C=O) groups excluding carboxylic acids is 1. The van der Waals surface area contributed by atoms with Gasteiger partial charge >= 0.3 is 0 Å². The molecular formula is C20H26NO2-. The summed E-state index contributed by atoms with van der Waals surface area (Å²) in [5.74, 6) is 2.37. The van der Waals surface area contributed by atoms with Crippen LogP contribution in [0.25, 0.3) is 0 Å². The summed E-state index contributed by atoms with van der Waals surface area (Å²) >= 11 is 0. The number of fused-ring (bicyclic) bond motifs is 7. The Labute approximate surface area is 138 Å². The van der Waals surface area contributed by atoms with Crippen LogP contribution in [0.5, 0.6) is 0 Å². The molecule has 0 amide bonds. The van der Waals surface area contributed by atoms with Crippen LogP contribution >= 0.6 is 0 Å². The van der Waals surface area contributed by atoms with Gasteiger partial charge in [0.05, 0.1) is 5.97 Å². The Bertz CT molecular complexity index is 622. The van der Waals surface area contributed by atoms with Crippen LogP contribution in [-0.2, 0) is 0 Å². The molecular weight excluding hydrogens is 286 g/mol. The SMILES string of the molecule is CCC(CC)[C@H]1Nc2c(C(=O)[O-])cccc2[C@H]2[C@H]3CC[C@@H](C3)[C@H]21. The van der Waals surface area contributed by atoms with Crippen LogP contribution < -0.4 is 10.4 Å². The monoisotopic (exact) mass is 312 g/mol. The van der Waals surface area contributed by atoms with Crippen LogP contribution in [0, 0.1) is 23.7 Å². The normalized spacial score (nSPS) is 34.1. The highest BCUT2D eigenvalue weighted by atomic mass is 16.4. The van der Waals surface area contributed by atoms with Crippen LogP contribution in [0.1, 0.15) is 67.8 Å². The highest BCUT2D eigenvalue weighted by Gasteiger charge is 2.54. The molecule has 0 saturated heterocycles. The molecule has 3 aliphatic rings. The number of nitrogens with one attached hydrogen (secondary N) is 1. The van der Waals surface area contributed by atoms with Crippen molar-refractivity contribution in [1.29, 1.82) is 0 Å². The number of anilines is 1. The van der Waals surface area contributed by atoms with Gasteiger partial charge in [0.2, 0.25) is 0 Å². The molecule has 2 fully saturated rings. The second kappa shape index (κ2) is 5.54. The molecule has 124 valence electrons. The molecule has 2 aliphatic carbocycles. The number of rotatable bonds is 4. The largest absolute Gasteiger partial charge is 0.545 e. The molecule has 1 aromatic rings. The van der Waals surface area contributed by atoms with Gasteiger partial charge in [-0.15, -0.1) is 0 Å². The molecule has 23 heavy (non-hydrogen) atoms. The third-order valence-corrected chi connectivity index (χ3v) is 6.94. The molecule has 3 nitrogen and oxygen atoms in total. The smallest absolute Gasteiger partial charge is 0.0736 e. The van der Waals surface area contributed by atoms with Crippen LogP contribution in [0.3, 0.4) is 0 Å². The molecule has 2 bridgehead atoms. The number of carboxylic acids is 1. The standard InChI is InChI=1S/C20H27NO2/c1-3-11(4-2)18-17-13-9-8-12(10-13)16(17)14-6-5-7-15(20(22)23)19(14)21-18/h5-7,11-13,16-18,21H,3-4,8-10H2,1-2H3,(H,22,23)/p-1/t12-,13-,16+,17+,18+/m0/s1. The van der Waals surface area contributed by atoms with Gasteiger partial charge < -0.3 is 15.2 Å². The van der Waals surface area contributed by atoms with Gasteiger partial charge in [0, 0.05) is 17.3 Å². The summed E-state index contributed by atoms with van der Waals surface area (Å²) < 4.78 is 0. The molecule has 0 radical (unpaired) electrons. The Kier molecular flexibility index (Phi) is 3.62. The Morgan fingerprint density at radius 1 is 1.26 bits per heavy atom. The van der Waals surface area contributed by atoms with Gasteiger partial charge in [0.25, 0.3) is 0 Å². The fourth-order valence-electron chi connectivity index (χ4n) is 5.98. The molecule has 1 N–H and O–H groups in total. The summed E-state index contributed by atoms with van der Waals surface area (Å²) in [4.78, 5) is 11.6. The lowest BCUT2D eigenvalue weighted by Crippen LogP contribution is -2.46. The number of carboxylic acid groups (broad SMARTS) is 1. The van der Waals surface area contributed by atoms with Crippen molar-refractivity contribution < 1.29 is 9.90 Å². The van der Waals surface area contributed by atoms with Crippen molar-refractivity contribution >= 4 is 11.7 Å². The Balaban J connectivity index is 1.83. The lowest BCUT2D eigenvalue weighted by Gasteiger charge is -2.46. The van der Waals surface area contributed by atoms with Crippen molar-refractivity contribution in [1.82, 2.24) is 0 Å². The van der Waals surface area contributed by atoms with Gasteiger partial charge in [-0.25, -0.2) is 0 Å². The van der Waals surface area contributed by atoms with E-state index in [9.17, 15) is 9.90 Å². The minimum Gasteiger partial charge on any atom is -0.545 e. The number of carbonyl (C=O) groups is 1. The number of hydrogen-bond donors (Lipinski definition) is 1. The van der Waals surface area contributed by atoms with E-state index in [0.717, 1.165) is 30.4 Å². The Hall–Kier alpha value is -1.51. The van der Waals surface area contributed by atoms with E-state index in [-0.39, 0.29) is 0 Å². The minimum atomic E-state index is -1.06. The highest BCUT2D eigenvalue weighted by molar-refractivity contribution is 5.94. The summed E-state index contributed by atoms with van der Waals surface area (Å²) in [5.41, 5.74) is 2.45. The summed E-state index contributed by atoms with van der Waals surface area (Å²) in [7, 11) is 0. The van der Waals surface area contributed by atoms with Crippen LogP contribution in [0.4, 0.5) is 5.69 Å². The van der Waals surface area contributed by atoms with Gasteiger partial charge in [-0.3, -0.25) is 0 Å². The summed E-state index contributed by atoms with van der Waals surface area (Å²) in [6, 6.07) is 6.15. The van der Waals surface area contributed by atoms with Crippen molar-refractivity contribution in [2.24, 2.45) is 23.7 Å². The Morgan fingerprint density at radius 2 is 2.00 bits per heavy atom. The zero-order chi connectivity index (χ0) is 16.1. The maximum Gasteiger partial charge on any atom is 0.0736 e. The number of aromatic carboxylic acids is 1. The quantitative estimate of drug-likeness (QED) is 0.927. The predicted octanol–water partition coefficient (Wildman–Crippen LogP) is 3.41. The van der Waals surface area contributed by atoms with Crippen LogP contribution in [-0.4, -0.2) is 12.0 Å². The van der Waals surface area contributed by atoms with E-state index >= 15 is 0 Å². The maximum atomic E-state index is 11.6. The van der Waals surface area contributed by atoms with Gasteiger partial charge in [0.1, 0.15) is 0 Å². The lowest BCUT2D eigenvalue weighted by atomic mass is 9.65. The molecule has 0 spiro atoms. The first-order valence-corrected chi connectivity index (χ1v) is 9.26. The summed E-state index contributed by atoms with van der Waals surface area (Å²) in [6.07, 6.45) is 6.31.